The highest BCUT2D eigenvalue weighted by Crippen LogP contribution is 2.30. The van der Waals surface area contributed by atoms with Gasteiger partial charge >= 0.3 is 6.18 Å². The lowest BCUT2D eigenvalue weighted by molar-refractivity contribution is -0.137. The first-order chi connectivity index (χ1) is 13.2. The predicted octanol–water partition coefficient (Wildman–Crippen LogP) is 2.80. The van der Waals surface area contributed by atoms with Crippen LogP contribution < -0.4 is 5.32 Å². The molecule has 0 saturated carbocycles. The highest BCUT2D eigenvalue weighted by Gasteiger charge is 2.31. The van der Waals surface area contributed by atoms with Crippen molar-refractivity contribution in [3.05, 3.63) is 47.3 Å². The maximum Gasteiger partial charge on any atom is 0.416 e. The van der Waals surface area contributed by atoms with Crippen molar-refractivity contribution >= 4 is 11.8 Å². The van der Waals surface area contributed by atoms with Crippen LogP contribution in [-0.2, 0) is 11.0 Å². The minimum absolute atomic E-state index is 0.0272. The van der Waals surface area contributed by atoms with E-state index >= 15 is 0 Å². The van der Waals surface area contributed by atoms with Crippen LogP contribution in [0, 0.1) is 12.8 Å². The second kappa shape index (κ2) is 7.65. The van der Waals surface area contributed by atoms with Crippen LogP contribution in [0.4, 0.5) is 13.2 Å². The van der Waals surface area contributed by atoms with Crippen molar-refractivity contribution in [2.75, 3.05) is 20.1 Å². The molecule has 0 spiro atoms. The average Bonchev–Trinajstić information content (AvgIpc) is 3.07. The summed E-state index contributed by atoms with van der Waals surface area (Å²) in [5, 5.41) is 6.74. The minimum atomic E-state index is -4.45. The van der Waals surface area contributed by atoms with Crippen LogP contribution in [-0.4, -0.2) is 46.6 Å². The third kappa shape index (κ3) is 3.88. The number of benzene rings is 1. The maximum atomic E-state index is 13.0. The van der Waals surface area contributed by atoms with Crippen LogP contribution in [0.3, 0.4) is 0 Å². The molecule has 150 valence electrons. The molecule has 1 aromatic heterocycles. The third-order valence-electron chi connectivity index (χ3n) is 5.06. The second-order valence-corrected chi connectivity index (χ2v) is 6.78. The number of carbonyl (C=O) groups is 2. The molecule has 2 heterocycles. The molecule has 1 N–H and O–H groups in total. The van der Waals surface area contributed by atoms with Gasteiger partial charge in [-0.3, -0.25) is 9.59 Å². The summed E-state index contributed by atoms with van der Waals surface area (Å²) >= 11 is 0. The fourth-order valence-electron chi connectivity index (χ4n) is 3.41. The number of halogens is 3. The quantitative estimate of drug-likeness (QED) is 0.871. The number of nitrogens with zero attached hydrogens (tertiary/aromatic N) is 3. The minimum Gasteiger partial charge on any atom is -0.359 e. The van der Waals surface area contributed by atoms with E-state index in [0.717, 1.165) is 12.1 Å². The molecule has 1 aromatic carbocycles. The van der Waals surface area contributed by atoms with Gasteiger partial charge in [-0.25, -0.2) is 4.68 Å². The summed E-state index contributed by atoms with van der Waals surface area (Å²) in [6.07, 6.45) is -1.92. The van der Waals surface area contributed by atoms with E-state index in [9.17, 15) is 22.8 Å². The van der Waals surface area contributed by atoms with Crippen LogP contribution in [0.2, 0.25) is 0 Å². The maximum absolute atomic E-state index is 13.0. The number of likely N-dealkylation sites (tertiary alicyclic amines) is 1. The average molecular weight is 394 g/mol. The van der Waals surface area contributed by atoms with Gasteiger partial charge in [0.25, 0.3) is 5.91 Å². The van der Waals surface area contributed by atoms with Gasteiger partial charge in [0.05, 0.1) is 28.7 Å². The lowest BCUT2D eigenvalue weighted by Gasteiger charge is -2.31. The van der Waals surface area contributed by atoms with Crippen molar-refractivity contribution in [2.24, 2.45) is 5.92 Å². The summed E-state index contributed by atoms with van der Waals surface area (Å²) in [6, 6.07) is 4.82. The lowest BCUT2D eigenvalue weighted by atomic mass is 9.95. The number of hydrogen-bond donors (Lipinski definition) is 1. The van der Waals surface area contributed by atoms with Crippen LogP contribution in [0.15, 0.2) is 30.5 Å². The number of nitrogens with one attached hydrogen (secondary N) is 1. The van der Waals surface area contributed by atoms with Crippen LogP contribution in [0.5, 0.6) is 0 Å². The van der Waals surface area contributed by atoms with Gasteiger partial charge in [-0.1, -0.05) is 6.07 Å². The smallest absolute Gasteiger partial charge is 0.359 e. The van der Waals surface area contributed by atoms with Crippen LogP contribution in [0.1, 0.15) is 34.5 Å². The summed E-state index contributed by atoms with van der Waals surface area (Å²) in [5.74, 6) is -0.366. The molecule has 2 aromatic rings. The first kappa shape index (κ1) is 19.9. The number of piperidine rings is 1. The Labute approximate surface area is 160 Å². The van der Waals surface area contributed by atoms with Gasteiger partial charge in [-0.05, 0) is 38.0 Å². The Morgan fingerprint density at radius 3 is 2.50 bits per heavy atom. The van der Waals surface area contributed by atoms with E-state index < -0.39 is 11.7 Å². The Bertz CT molecular complexity index is 884. The molecule has 1 saturated heterocycles. The fraction of sp³-hybridized carbons (Fsp3) is 0.421. The summed E-state index contributed by atoms with van der Waals surface area (Å²) < 4.78 is 40.2. The van der Waals surface area contributed by atoms with E-state index in [0.29, 0.717) is 37.2 Å². The van der Waals surface area contributed by atoms with Crippen LogP contribution in [0.25, 0.3) is 5.69 Å². The molecule has 1 fully saturated rings. The first-order valence-corrected chi connectivity index (χ1v) is 8.95. The van der Waals surface area contributed by atoms with Crippen molar-refractivity contribution < 1.29 is 22.8 Å². The monoisotopic (exact) mass is 394 g/mol. The Morgan fingerprint density at radius 2 is 1.89 bits per heavy atom. The molecule has 2 amide bonds. The topological polar surface area (TPSA) is 67.2 Å². The van der Waals surface area contributed by atoms with Gasteiger partial charge in [0, 0.05) is 26.1 Å². The molecular formula is C19H21F3N4O2. The number of rotatable bonds is 3. The molecule has 0 aliphatic carbocycles. The summed E-state index contributed by atoms with van der Waals surface area (Å²) in [6.45, 7) is 2.55. The first-order valence-electron chi connectivity index (χ1n) is 8.95. The summed E-state index contributed by atoms with van der Waals surface area (Å²) in [7, 11) is 1.59. The Balaban J connectivity index is 1.78. The Kier molecular flexibility index (Phi) is 5.44. The predicted molar refractivity (Wildman–Crippen MR) is 96.0 cm³/mol. The molecule has 3 rings (SSSR count). The fourth-order valence-corrected chi connectivity index (χ4v) is 3.41. The molecule has 0 radical (unpaired) electrons. The van der Waals surface area contributed by atoms with E-state index in [1.165, 1.54) is 23.0 Å². The number of hydrogen-bond acceptors (Lipinski definition) is 3. The van der Waals surface area contributed by atoms with E-state index in [1.807, 2.05) is 0 Å². The summed E-state index contributed by atoms with van der Waals surface area (Å²) in [5.41, 5.74) is 0.280. The molecule has 28 heavy (non-hydrogen) atoms. The molecule has 0 bridgehead atoms. The molecule has 1 aliphatic rings. The largest absolute Gasteiger partial charge is 0.416 e. The molecule has 1 aliphatic heterocycles. The zero-order valence-corrected chi connectivity index (χ0v) is 15.6. The van der Waals surface area contributed by atoms with Gasteiger partial charge in [-0.2, -0.15) is 18.3 Å². The zero-order valence-electron chi connectivity index (χ0n) is 15.6. The standard InChI is InChI=1S/C19H21F3N4O2/c1-12-16(18(28)25-8-6-13(7-9-25)17(27)23-2)11-24-26(12)15-5-3-4-14(10-15)19(20,21)22/h3-5,10-11,13H,6-9H2,1-2H3,(H,23,27). The van der Waals surface area contributed by atoms with Gasteiger partial charge in [0.1, 0.15) is 0 Å². The Hall–Kier alpha value is -2.84. The van der Waals surface area contributed by atoms with Crippen molar-refractivity contribution in [2.45, 2.75) is 25.9 Å². The molecule has 9 heteroatoms. The zero-order chi connectivity index (χ0) is 20.5. The van der Waals surface area contributed by atoms with Crippen molar-refractivity contribution in [1.29, 1.82) is 0 Å². The van der Waals surface area contributed by atoms with Gasteiger partial charge in [0.2, 0.25) is 5.91 Å². The molecule has 0 unspecified atom stereocenters. The number of amides is 2. The van der Waals surface area contributed by atoms with Crippen molar-refractivity contribution in [3.63, 3.8) is 0 Å². The van der Waals surface area contributed by atoms with Crippen molar-refractivity contribution in [1.82, 2.24) is 20.0 Å². The van der Waals surface area contributed by atoms with E-state index in [-0.39, 0.29) is 23.4 Å². The highest BCUT2D eigenvalue weighted by atomic mass is 19.4. The van der Waals surface area contributed by atoms with E-state index in [4.69, 9.17) is 0 Å². The van der Waals surface area contributed by atoms with Crippen LogP contribution >= 0.6 is 0 Å². The Morgan fingerprint density at radius 1 is 1.21 bits per heavy atom. The SMILES string of the molecule is CNC(=O)C1CCN(C(=O)c2cnn(-c3cccc(C(F)(F)F)c3)c2C)CC1. The lowest BCUT2D eigenvalue weighted by Crippen LogP contribution is -2.42. The second-order valence-electron chi connectivity index (χ2n) is 6.78. The highest BCUT2D eigenvalue weighted by molar-refractivity contribution is 5.95. The van der Waals surface area contributed by atoms with Gasteiger partial charge in [0.15, 0.2) is 0 Å². The van der Waals surface area contributed by atoms with Gasteiger partial charge in [-0.15, -0.1) is 0 Å². The number of carbonyl (C=O) groups excluding carboxylic acids is 2. The number of aromatic nitrogens is 2. The van der Waals surface area contributed by atoms with E-state index in [2.05, 4.69) is 10.4 Å². The van der Waals surface area contributed by atoms with E-state index in [1.54, 1.807) is 18.9 Å². The molecule has 0 atom stereocenters. The van der Waals surface area contributed by atoms with Gasteiger partial charge < -0.3 is 10.2 Å². The number of alkyl halides is 3. The molecule has 6 nitrogen and oxygen atoms in total. The third-order valence-corrected chi connectivity index (χ3v) is 5.06. The molecular weight excluding hydrogens is 373 g/mol. The summed E-state index contributed by atoms with van der Waals surface area (Å²) in [4.78, 5) is 26.2. The van der Waals surface area contributed by atoms with Crippen molar-refractivity contribution in [3.8, 4) is 5.69 Å². The normalized spacial score (nSPS) is 15.5.